The fraction of sp³-hybridized carbons (Fsp3) is 0.316. The normalized spacial score (nSPS) is 34.4. The van der Waals surface area contributed by atoms with Crippen LogP contribution in [0.1, 0.15) is 34.1 Å². The Bertz CT molecular complexity index is 752. The Morgan fingerprint density at radius 1 is 0.864 bits per heavy atom. The van der Waals surface area contributed by atoms with Crippen molar-refractivity contribution in [2.24, 2.45) is 11.8 Å². The lowest BCUT2D eigenvalue weighted by molar-refractivity contribution is -0.134. The summed E-state index contributed by atoms with van der Waals surface area (Å²) in [6, 6.07) is 16.8. The molecule has 3 unspecified atom stereocenters. The molecule has 3 nitrogen and oxygen atoms in total. The standard InChI is InChI=1S/C19H17NO2/c1-20-18(21)16-14-10-6-2-3-7-11(10)15(17(16)19(20)22)13-9-5-4-8-12(13)14/h2-9,14-18,21H,1H3. The molecular formula is C19H17NO2. The van der Waals surface area contributed by atoms with E-state index in [1.807, 2.05) is 0 Å². The van der Waals surface area contributed by atoms with Gasteiger partial charge in [-0.2, -0.15) is 0 Å². The highest BCUT2D eigenvalue weighted by Gasteiger charge is 2.60. The van der Waals surface area contributed by atoms with Crippen LogP contribution in [0.3, 0.4) is 0 Å². The lowest BCUT2D eigenvalue weighted by atomic mass is 9.55. The van der Waals surface area contributed by atoms with Gasteiger partial charge in [-0.25, -0.2) is 0 Å². The van der Waals surface area contributed by atoms with Gasteiger partial charge in [0.25, 0.3) is 0 Å². The molecular weight excluding hydrogens is 274 g/mol. The Kier molecular flexibility index (Phi) is 2.25. The van der Waals surface area contributed by atoms with Crippen LogP contribution in [-0.2, 0) is 4.79 Å². The number of amides is 1. The average molecular weight is 291 g/mol. The SMILES string of the molecule is CN1C(=O)C2C3c4ccccc4C(c4ccccc43)C2C1O. The first-order valence-corrected chi connectivity index (χ1v) is 7.82. The summed E-state index contributed by atoms with van der Waals surface area (Å²) in [5, 5.41) is 10.6. The third kappa shape index (κ3) is 1.25. The number of benzene rings is 2. The number of carbonyl (C=O) groups is 1. The van der Waals surface area contributed by atoms with Crippen LogP contribution < -0.4 is 0 Å². The Balaban J connectivity index is 1.84. The third-order valence-electron chi connectivity index (χ3n) is 5.86. The van der Waals surface area contributed by atoms with Gasteiger partial charge in [-0.1, -0.05) is 48.5 Å². The molecule has 2 bridgehead atoms. The summed E-state index contributed by atoms with van der Waals surface area (Å²) in [5.41, 5.74) is 5.11. The molecule has 0 saturated carbocycles. The van der Waals surface area contributed by atoms with Gasteiger partial charge >= 0.3 is 0 Å². The van der Waals surface area contributed by atoms with E-state index in [0.717, 1.165) is 0 Å². The summed E-state index contributed by atoms with van der Waals surface area (Å²) in [7, 11) is 1.72. The quantitative estimate of drug-likeness (QED) is 0.809. The summed E-state index contributed by atoms with van der Waals surface area (Å²) in [5.74, 6) is 0.111. The van der Waals surface area contributed by atoms with E-state index in [0.29, 0.717) is 0 Å². The monoisotopic (exact) mass is 291 g/mol. The van der Waals surface area contributed by atoms with Crippen molar-refractivity contribution in [2.75, 3.05) is 7.05 Å². The van der Waals surface area contributed by atoms with E-state index in [-0.39, 0.29) is 29.6 Å². The predicted molar refractivity (Wildman–Crippen MR) is 82.3 cm³/mol. The van der Waals surface area contributed by atoms with Crippen LogP contribution in [0.2, 0.25) is 0 Å². The minimum Gasteiger partial charge on any atom is -0.373 e. The van der Waals surface area contributed by atoms with E-state index in [1.54, 1.807) is 7.05 Å². The van der Waals surface area contributed by atoms with E-state index in [2.05, 4.69) is 48.5 Å². The van der Waals surface area contributed by atoms with Crippen LogP contribution in [-0.4, -0.2) is 29.2 Å². The van der Waals surface area contributed by atoms with Gasteiger partial charge in [0.2, 0.25) is 5.91 Å². The lowest BCUT2D eigenvalue weighted by Crippen LogP contribution is -2.42. The highest BCUT2D eigenvalue weighted by atomic mass is 16.3. The summed E-state index contributed by atoms with van der Waals surface area (Å²) in [6.45, 7) is 0. The number of nitrogens with zero attached hydrogens (tertiary/aromatic N) is 1. The number of aliphatic hydroxyl groups excluding tert-OH is 1. The number of likely N-dealkylation sites (tertiary alicyclic amines) is 1. The van der Waals surface area contributed by atoms with Gasteiger partial charge in [0.1, 0.15) is 6.23 Å². The average Bonchev–Trinajstić information content (AvgIpc) is 2.80. The molecule has 3 aliphatic carbocycles. The van der Waals surface area contributed by atoms with E-state index in [4.69, 9.17) is 0 Å². The van der Waals surface area contributed by atoms with Gasteiger partial charge in [0.15, 0.2) is 0 Å². The molecule has 110 valence electrons. The smallest absolute Gasteiger partial charge is 0.228 e. The summed E-state index contributed by atoms with van der Waals surface area (Å²) < 4.78 is 0. The van der Waals surface area contributed by atoms with Crippen molar-refractivity contribution in [1.82, 2.24) is 4.90 Å². The van der Waals surface area contributed by atoms with Crippen molar-refractivity contribution >= 4 is 5.91 Å². The molecule has 3 atom stereocenters. The molecule has 1 aliphatic heterocycles. The maximum absolute atomic E-state index is 12.7. The zero-order chi connectivity index (χ0) is 15.0. The minimum atomic E-state index is -0.688. The first-order valence-electron chi connectivity index (χ1n) is 7.82. The van der Waals surface area contributed by atoms with Crippen LogP contribution in [0.15, 0.2) is 48.5 Å². The van der Waals surface area contributed by atoms with E-state index < -0.39 is 6.23 Å². The van der Waals surface area contributed by atoms with Gasteiger partial charge < -0.3 is 10.0 Å². The molecule has 0 spiro atoms. The van der Waals surface area contributed by atoms with E-state index in [9.17, 15) is 9.90 Å². The molecule has 0 radical (unpaired) electrons. The largest absolute Gasteiger partial charge is 0.373 e. The lowest BCUT2D eigenvalue weighted by Gasteiger charge is -2.47. The zero-order valence-electron chi connectivity index (χ0n) is 12.3. The third-order valence-corrected chi connectivity index (χ3v) is 5.86. The van der Waals surface area contributed by atoms with Crippen LogP contribution in [0.25, 0.3) is 0 Å². The topological polar surface area (TPSA) is 40.5 Å². The molecule has 22 heavy (non-hydrogen) atoms. The number of rotatable bonds is 0. The first kappa shape index (κ1) is 12.4. The van der Waals surface area contributed by atoms with Crippen molar-refractivity contribution < 1.29 is 9.90 Å². The molecule has 1 saturated heterocycles. The first-order chi connectivity index (χ1) is 10.7. The predicted octanol–water partition coefficient (Wildman–Crippen LogP) is 2.30. The highest BCUT2D eigenvalue weighted by molar-refractivity contribution is 5.85. The Labute approximate surface area is 129 Å². The highest BCUT2D eigenvalue weighted by Crippen LogP contribution is 2.61. The van der Waals surface area contributed by atoms with Crippen molar-refractivity contribution in [1.29, 1.82) is 0 Å². The van der Waals surface area contributed by atoms with Crippen molar-refractivity contribution in [3.63, 3.8) is 0 Å². The van der Waals surface area contributed by atoms with Crippen molar-refractivity contribution in [3.8, 4) is 0 Å². The molecule has 1 amide bonds. The Morgan fingerprint density at radius 2 is 1.32 bits per heavy atom. The second kappa shape index (κ2) is 3.99. The van der Waals surface area contributed by atoms with Crippen LogP contribution >= 0.6 is 0 Å². The number of aliphatic hydroxyl groups is 1. The summed E-state index contributed by atoms with van der Waals surface area (Å²) in [6.07, 6.45) is -0.688. The van der Waals surface area contributed by atoms with Crippen LogP contribution in [0, 0.1) is 11.8 Å². The van der Waals surface area contributed by atoms with Crippen molar-refractivity contribution in [3.05, 3.63) is 70.8 Å². The van der Waals surface area contributed by atoms with Gasteiger partial charge in [0.05, 0.1) is 5.92 Å². The second-order valence-corrected chi connectivity index (χ2v) is 6.68. The van der Waals surface area contributed by atoms with Gasteiger partial charge in [-0.15, -0.1) is 0 Å². The molecule has 6 rings (SSSR count). The Morgan fingerprint density at radius 3 is 1.82 bits per heavy atom. The van der Waals surface area contributed by atoms with Gasteiger partial charge in [-0.3, -0.25) is 4.79 Å². The molecule has 0 aromatic heterocycles. The molecule has 4 aliphatic rings. The maximum Gasteiger partial charge on any atom is 0.228 e. The summed E-state index contributed by atoms with van der Waals surface area (Å²) >= 11 is 0. The van der Waals surface area contributed by atoms with Crippen LogP contribution in [0.5, 0.6) is 0 Å². The Hall–Kier alpha value is -2.13. The van der Waals surface area contributed by atoms with Crippen LogP contribution in [0.4, 0.5) is 0 Å². The van der Waals surface area contributed by atoms with E-state index >= 15 is 0 Å². The van der Waals surface area contributed by atoms with Crippen molar-refractivity contribution in [2.45, 2.75) is 18.1 Å². The minimum absolute atomic E-state index is 0.0349. The van der Waals surface area contributed by atoms with Gasteiger partial charge in [0, 0.05) is 24.8 Å². The zero-order valence-corrected chi connectivity index (χ0v) is 12.3. The van der Waals surface area contributed by atoms with Gasteiger partial charge in [-0.05, 0) is 22.3 Å². The summed E-state index contributed by atoms with van der Waals surface area (Å²) in [4.78, 5) is 14.3. The molecule has 3 heteroatoms. The second-order valence-electron chi connectivity index (χ2n) is 6.68. The maximum atomic E-state index is 12.7. The molecule has 2 aromatic rings. The molecule has 1 fully saturated rings. The number of hydrogen-bond acceptors (Lipinski definition) is 2. The fourth-order valence-corrected chi connectivity index (χ4v) is 5.01. The molecule has 1 N–H and O–H groups in total. The number of carbonyl (C=O) groups excluding carboxylic acids is 1. The molecule has 2 aromatic carbocycles. The number of hydrogen-bond donors (Lipinski definition) is 1. The fourth-order valence-electron chi connectivity index (χ4n) is 5.01. The van der Waals surface area contributed by atoms with E-state index in [1.165, 1.54) is 27.2 Å². The molecule has 1 heterocycles.